The molecule has 0 bridgehead atoms. The van der Waals surface area contributed by atoms with E-state index in [2.05, 4.69) is 5.32 Å². The van der Waals surface area contributed by atoms with E-state index in [1.165, 1.54) is 60.5 Å². The first-order valence-corrected chi connectivity index (χ1v) is 12.5. The molecule has 0 aliphatic heterocycles. The van der Waals surface area contributed by atoms with Crippen LogP contribution in [0.1, 0.15) is 32.3 Å². The van der Waals surface area contributed by atoms with E-state index in [0.717, 1.165) is 10.7 Å². The summed E-state index contributed by atoms with van der Waals surface area (Å²) in [5, 5.41) is 3.18. The van der Waals surface area contributed by atoms with Gasteiger partial charge in [0.15, 0.2) is 0 Å². The number of rotatable bonds is 11. The van der Waals surface area contributed by atoms with Crippen molar-refractivity contribution in [3.05, 3.63) is 64.9 Å². The maximum atomic E-state index is 13.3. The number of benzene rings is 2. The fraction of sp³-hybridized carbons (Fsp3) is 0.391. The molecular formula is C23H29ClFN3O4S. The van der Waals surface area contributed by atoms with Gasteiger partial charge >= 0.3 is 0 Å². The van der Waals surface area contributed by atoms with Crippen LogP contribution in [0.3, 0.4) is 0 Å². The molecule has 0 spiro atoms. The molecule has 7 nitrogen and oxygen atoms in total. The molecule has 10 heteroatoms. The van der Waals surface area contributed by atoms with Gasteiger partial charge in [-0.2, -0.15) is 4.31 Å². The van der Waals surface area contributed by atoms with Gasteiger partial charge in [0.25, 0.3) is 0 Å². The minimum absolute atomic E-state index is 0.0000138. The van der Waals surface area contributed by atoms with Gasteiger partial charge in [0.2, 0.25) is 21.8 Å². The van der Waals surface area contributed by atoms with E-state index in [-0.39, 0.29) is 17.3 Å². The lowest BCUT2D eigenvalue weighted by Gasteiger charge is -2.32. The zero-order chi connectivity index (χ0) is 24.6. The average molecular weight is 498 g/mol. The zero-order valence-corrected chi connectivity index (χ0v) is 20.5. The van der Waals surface area contributed by atoms with Crippen LogP contribution in [0, 0.1) is 5.82 Å². The first kappa shape index (κ1) is 26.8. The average Bonchev–Trinajstić information content (AvgIpc) is 2.78. The molecule has 180 valence electrons. The minimum atomic E-state index is -3.95. The lowest BCUT2D eigenvalue weighted by molar-refractivity contribution is -0.141. The van der Waals surface area contributed by atoms with Gasteiger partial charge in [0.05, 0.1) is 11.4 Å². The second-order valence-electron chi connectivity index (χ2n) is 7.58. The lowest BCUT2D eigenvalue weighted by Crippen LogP contribution is -2.51. The van der Waals surface area contributed by atoms with E-state index in [1.807, 2.05) is 6.92 Å². The Morgan fingerprint density at radius 1 is 1.06 bits per heavy atom. The Bertz CT molecular complexity index is 1050. The largest absolute Gasteiger partial charge is 0.354 e. The van der Waals surface area contributed by atoms with Crippen molar-refractivity contribution in [2.24, 2.45) is 0 Å². The molecule has 0 heterocycles. The predicted molar refractivity (Wildman–Crippen MR) is 126 cm³/mol. The monoisotopic (exact) mass is 497 g/mol. The summed E-state index contributed by atoms with van der Waals surface area (Å²) in [7, 11) is -2.65. The Hall–Kier alpha value is -2.49. The van der Waals surface area contributed by atoms with Crippen LogP contribution in [0.15, 0.2) is 53.4 Å². The SMILES string of the molecule is CCCNC(=O)C(CC)N(Cc1ccc(F)cc1)C(=O)CN(C)S(=O)(=O)c1ccc(Cl)cc1. The van der Waals surface area contributed by atoms with Crippen LogP contribution in [-0.4, -0.2) is 55.6 Å². The van der Waals surface area contributed by atoms with Gasteiger partial charge in [-0.25, -0.2) is 12.8 Å². The molecule has 2 rings (SSSR count). The highest BCUT2D eigenvalue weighted by Gasteiger charge is 2.31. The number of carbonyl (C=O) groups is 2. The standard InChI is InChI=1S/C23H29ClFN3O4S/c1-4-14-26-23(30)21(5-2)28(15-17-6-10-19(25)11-7-17)22(29)16-27(3)33(31,32)20-12-8-18(24)9-13-20/h6-13,21H,4-5,14-16H2,1-3H3,(H,26,30). The Labute approximate surface area is 199 Å². The van der Waals surface area contributed by atoms with Crippen LogP contribution in [0.2, 0.25) is 5.02 Å². The molecule has 0 fully saturated rings. The molecule has 0 saturated heterocycles. The summed E-state index contributed by atoms with van der Waals surface area (Å²) in [4.78, 5) is 27.4. The maximum absolute atomic E-state index is 13.3. The van der Waals surface area contributed by atoms with Crippen molar-refractivity contribution in [2.45, 2.75) is 44.2 Å². The molecule has 1 atom stereocenters. The van der Waals surface area contributed by atoms with Crippen molar-refractivity contribution < 1.29 is 22.4 Å². The van der Waals surface area contributed by atoms with Crippen LogP contribution in [0.4, 0.5) is 4.39 Å². The van der Waals surface area contributed by atoms with E-state index in [9.17, 15) is 22.4 Å². The summed E-state index contributed by atoms with van der Waals surface area (Å²) < 4.78 is 40.1. The second kappa shape index (κ2) is 12.1. The summed E-state index contributed by atoms with van der Waals surface area (Å²) in [6.07, 6.45) is 1.06. The van der Waals surface area contributed by atoms with Crippen LogP contribution in [0.25, 0.3) is 0 Å². The summed E-state index contributed by atoms with van der Waals surface area (Å²) in [6, 6.07) is 10.4. The second-order valence-corrected chi connectivity index (χ2v) is 10.1. The van der Waals surface area contributed by atoms with Crippen LogP contribution in [0.5, 0.6) is 0 Å². The van der Waals surface area contributed by atoms with Crippen LogP contribution in [-0.2, 0) is 26.2 Å². The third kappa shape index (κ3) is 7.25. The van der Waals surface area contributed by atoms with Gasteiger partial charge in [-0.05, 0) is 54.8 Å². The number of hydrogen-bond donors (Lipinski definition) is 1. The van der Waals surface area contributed by atoms with Crippen molar-refractivity contribution >= 4 is 33.4 Å². The normalized spacial score (nSPS) is 12.4. The summed E-state index contributed by atoms with van der Waals surface area (Å²) in [5.74, 6) is -1.28. The van der Waals surface area contributed by atoms with Gasteiger partial charge in [0.1, 0.15) is 11.9 Å². The van der Waals surface area contributed by atoms with E-state index in [0.29, 0.717) is 23.6 Å². The Kier molecular flexibility index (Phi) is 9.82. The van der Waals surface area contributed by atoms with E-state index < -0.39 is 34.3 Å². The quantitative estimate of drug-likeness (QED) is 0.515. The number of likely N-dealkylation sites (N-methyl/N-ethyl adjacent to an activating group) is 1. The van der Waals surface area contributed by atoms with Crippen molar-refractivity contribution in [1.29, 1.82) is 0 Å². The van der Waals surface area contributed by atoms with Gasteiger partial charge in [-0.3, -0.25) is 9.59 Å². The van der Waals surface area contributed by atoms with E-state index in [1.54, 1.807) is 6.92 Å². The molecule has 0 aliphatic carbocycles. The molecule has 0 aromatic heterocycles. The predicted octanol–water partition coefficient (Wildman–Crippen LogP) is 3.43. The number of nitrogens with one attached hydrogen (secondary N) is 1. The fourth-order valence-corrected chi connectivity index (χ4v) is 4.47. The number of halogens is 2. The highest BCUT2D eigenvalue weighted by atomic mass is 35.5. The summed E-state index contributed by atoms with van der Waals surface area (Å²) in [6.45, 7) is 3.71. The first-order valence-electron chi connectivity index (χ1n) is 10.6. The fourth-order valence-electron chi connectivity index (χ4n) is 3.22. The molecule has 2 amide bonds. The van der Waals surface area contributed by atoms with Gasteiger partial charge in [-0.15, -0.1) is 0 Å². The highest BCUT2D eigenvalue weighted by molar-refractivity contribution is 7.89. The molecule has 0 saturated carbocycles. The third-order valence-corrected chi connectivity index (χ3v) is 7.15. The topological polar surface area (TPSA) is 86.8 Å². The minimum Gasteiger partial charge on any atom is -0.354 e. The van der Waals surface area contributed by atoms with Crippen LogP contribution >= 0.6 is 11.6 Å². The lowest BCUT2D eigenvalue weighted by atomic mass is 10.1. The van der Waals surface area contributed by atoms with Crippen molar-refractivity contribution in [2.75, 3.05) is 20.1 Å². The smallest absolute Gasteiger partial charge is 0.243 e. The maximum Gasteiger partial charge on any atom is 0.243 e. The summed E-state index contributed by atoms with van der Waals surface area (Å²) >= 11 is 5.84. The molecule has 2 aromatic rings. The van der Waals surface area contributed by atoms with Crippen molar-refractivity contribution in [3.63, 3.8) is 0 Å². The van der Waals surface area contributed by atoms with Crippen molar-refractivity contribution in [1.82, 2.24) is 14.5 Å². The van der Waals surface area contributed by atoms with Gasteiger partial charge in [-0.1, -0.05) is 37.6 Å². The number of nitrogens with zero attached hydrogens (tertiary/aromatic N) is 2. The van der Waals surface area contributed by atoms with Gasteiger partial charge < -0.3 is 10.2 Å². The number of sulfonamides is 1. The molecule has 0 aliphatic rings. The Morgan fingerprint density at radius 3 is 2.21 bits per heavy atom. The number of hydrogen-bond acceptors (Lipinski definition) is 4. The Balaban J connectivity index is 2.29. The molecule has 0 radical (unpaired) electrons. The molecule has 33 heavy (non-hydrogen) atoms. The third-order valence-electron chi connectivity index (χ3n) is 5.08. The molecule has 2 aromatic carbocycles. The number of carbonyl (C=O) groups excluding carboxylic acids is 2. The zero-order valence-electron chi connectivity index (χ0n) is 18.9. The van der Waals surface area contributed by atoms with E-state index in [4.69, 9.17) is 11.6 Å². The Morgan fingerprint density at radius 2 is 1.67 bits per heavy atom. The van der Waals surface area contributed by atoms with Crippen LogP contribution < -0.4 is 5.32 Å². The highest BCUT2D eigenvalue weighted by Crippen LogP contribution is 2.19. The van der Waals surface area contributed by atoms with E-state index >= 15 is 0 Å². The first-order chi connectivity index (χ1) is 15.6. The molecule has 1 N–H and O–H groups in total. The summed E-state index contributed by atoms with van der Waals surface area (Å²) in [5.41, 5.74) is 0.620. The molecule has 1 unspecified atom stereocenters. The molecular weight excluding hydrogens is 469 g/mol. The van der Waals surface area contributed by atoms with Gasteiger partial charge in [0, 0.05) is 25.2 Å². The van der Waals surface area contributed by atoms with Crippen molar-refractivity contribution in [3.8, 4) is 0 Å². The number of amides is 2.